The van der Waals surface area contributed by atoms with Gasteiger partial charge >= 0.3 is 0 Å². The van der Waals surface area contributed by atoms with Crippen molar-refractivity contribution in [3.63, 3.8) is 0 Å². The van der Waals surface area contributed by atoms with Crippen LogP contribution in [0.4, 0.5) is 0 Å². The molecule has 2 aromatic carbocycles. The summed E-state index contributed by atoms with van der Waals surface area (Å²) >= 11 is 0. The third kappa shape index (κ3) is 3.86. The zero-order chi connectivity index (χ0) is 18.0. The molecule has 1 heterocycles. The third-order valence-corrected chi connectivity index (χ3v) is 4.31. The molecule has 0 spiro atoms. The van der Waals surface area contributed by atoms with Crippen molar-refractivity contribution in [2.75, 3.05) is 0 Å². The lowest BCUT2D eigenvalue weighted by Gasteiger charge is -2.25. The Morgan fingerprint density at radius 1 is 1.00 bits per heavy atom. The fraction of sp³-hybridized carbons (Fsp3) is 0.333. The number of nitrogens with one attached hydrogen (secondary N) is 2. The molecule has 3 aromatic rings. The van der Waals surface area contributed by atoms with Crippen molar-refractivity contribution >= 4 is 10.9 Å². The summed E-state index contributed by atoms with van der Waals surface area (Å²) < 4.78 is 5.90. The monoisotopic (exact) mass is 338 g/mol. The third-order valence-electron chi connectivity index (χ3n) is 4.31. The largest absolute Gasteiger partial charge is 0.473 e. The van der Waals surface area contributed by atoms with Gasteiger partial charge in [-0.05, 0) is 69.2 Å². The van der Waals surface area contributed by atoms with Gasteiger partial charge in [-0.15, -0.1) is 0 Å². The number of aryl methyl sites for hydroxylation is 1. The van der Waals surface area contributed by atoms with Gasteiger partial charge in [-0.25, -0.2) is 0 Å². The molecule has 3 N–H and O–H groups in total. The fourth-order valence-electron chi connectivity index (χ4n) is 3.02. The minimum Gasteiger partial charge on any atom is -0.473 e. The Kier molecular flexibility index (Phi) is 5.11. The van der Waals surface area contributed by atoms with E-state index in [0.717, 1.165) is 22.5 Å². The van der Waals surface area contributed by atoms with Crippen LogP contribution in [0.3, 0.4) is 0 Å². The van der Waals surface area contributed by atoms with E-state index in [1.54, 1.807) is 6.92 Å². The summed E-state index contributed by atoms with van der Waals surface area (Å²) in [4.78, 5) is 3.49. The van der Waals surface area contributed by atoms with Gasteiger partial charge in [0.25, 0.3) is 0 Å². The van der Waals surface area contributed by atoms with Gasteiger partial charge in [-0.3, -0.25) is 5.32 Å². The molecule has 2 atom stereocenters. The van der Waals surface area contributed by atoms with Crippen LogP contribution in [0.25, 0.3) is 22.2 Å². The number of H-pyrrole nitrogens is 1. The van der Waals surface area contributed by atoms with Crippen molar-refractivity contribution in [1.82, 2.24) is 10.3 Å². The molecule has 0 radical (unpaired) electrons. The van der Waals surface area contributed by atoms with Crippen molar-refractivity contribution in [1.29, 1.82) is 0 Å². The Labute approximate surface area is 148 Å². The van der Waals surface area contributed by atoms with Gasteiger partial charge in [0.1, 0.15) is 11.9 Å². The molecule has 3 rings (SSSR count). The molecule has 4 nitrogen and oxygen atoms in total. The Balaban J connectivity index is 1.83. The lowest BCUT2D eigenvalue weighted by molar-refractivity contribution is 0.0218. The van der Waals surface area contributed by atoms with Gasteiger partial charge in [0.15, 0.2) is 6.23 Å². The zero-order valence-electron chi connectivity index (χ0n) is 15.2. The molecule has 0 aliphatic rings. The first-order valence-electron chi connectivity index (χ1n) is 8.74. The van der Waals surface area contributed by atoms with Crippen molar-refractivity contribution in [2.45, 2.75) is 46.1 Å². The predicted molar refractivity (Wildman–Crippen MR) is 103 cm³/mol. The van der Waals surface area contributed by atoms with Crippen LogP contribution in [0.2, 0.25) is 0 Å². The molecule has 0 aliphatic heterocycles. The van der Waals surface area contributed by atoms with Gasteiger partial charge < -0.3 is 14.8 Å². The van der Waals surface area contributed by atoms with Gasteiger partial charge in [0, 0.05) is 22.6 Å². The maximum Gasteiger partial charge on any atom is 0.176 e. The first-order valence-corrected chi connectivity index (χ1v) is 8.74. The van der Waals surface area contributed by atoms with Crippen molar-refractivity contribution < 1.29 is 9.84 Å². The summed E-state index contributed by atoms with van der Waals surface area (Å²) in [5.41, 5.74) is 4.63. The molecule has 0 saturated heterocycles. The maximum atomic E-state index is 9.88. The molecule has 1 aromatic heterocycles. The average molecular weight is 338 g/mol. The van der Waals surface area contributed by atoms with E-state index in [4.69, 9.17) is 4.74 Å². The van der Waals surface area contributed by atoms with Gasteiger partial charge in [-0.2, -0.15) is 0 Å². The molecule has 0 bridgehead atoms. The van der Waals surface area contributed by atoms with Gasteiger partial charge in [-0.1, -0.05) is 18.2 Å². The molecule has 4 heteroatoms. The fourth-order valence-corrected chi connectivity index (χ4v) is 3.02. The summed E-state index contributed by atoms with van der Waals surface area (Å²) in [6.45, 7) is 7.91. The lowest BCUT2D eigenvalue weighted by Crippen LogP contribution is -2.46. The molecule has 25 heavy (non-hydrogen) atoms. The molecular weight excluding hydrogens is 312 g/mol. The quantitative estimate of drug-likeness (QED) is 0.590. The summed E-state index contributed by atoms with van der Waals surface area (Å²) in [5.74, 6) is 0.733. The highest BCUT2D eigenvalue weighted by Crippen LogP contribution is 2.30. The summed E-state index contributed by atoms with van der Waals surface area (Å²) in [6.07, 6.45) is -1.03. The van der Waals surface area contributed by atoms with E-state index in [1.165, 1.54) is 10.9 Å². The SMILES string of the molecule is Cc1c(-c2ccc(OC(NC(C)C)C(C)O)cc2)[nH]c2ccccc12. The number of para-hydroxylation sites is 1. The number of rotatable bonds is 6. The van der Waals surface area contributed by atoms with Crippen molar-refractivity contribution in [3.05, 3.63) is 54.1 Å². The second-order valence-corrected chi connectivity index (χ2v) is 6.80. The normalized spacial score (nSPS) is 14.0. The first kappa shape index (κ1) is 17.5. The van der Waals surface area contributed by atoms with Crippen LogP contribution < -0.4 is 10.1 Å². The lowest BCUT2D eigenvalue weighted by atomic mass is 10.1. The highest BCUT2D eigenvalue weighted by molar-refractivity contribution is 5.90. The minimum atomic E-state index is -0.599. The molecule has 132 valence electrons. The Morgan fingerprint density at radius 3 is 2.28 bits per heavy atom. The van der Waals surface area contributed by atoms with Crippen LogP contribution in [-0.2, 0) is 0 Å². The van der Waals surface area contributed by atoms with E-state index >= 15 is 0 Å². The highest BCUT2D eigenvalue weighted by atomic mass is 16.5. The van der Waals surface area contributed by atoms with Gasteiger partial charge in [0.2, 0.25) is 0 Å². The Morgan fingerprint density at radius 2 is 1.68 bits per heavy atom. The van der Waals surface area contributed by atoms with Crippen LogP contribution in [-0.4, -0.2) is 28.5 Å². The standard InChI is InChI=1S/C21H26N2O2/c1-13(2)22-21(15(4)24)25-17-11-9-16(10-12-17)20-14(3)18-7-5-6-8-19(18)23-20/h5-13,15,21-24H,1-4H3. The second-order valence-electron chi connectivity index (χ2n) is 6.80. The predicted octanol–water partition coefficient (Wildman–Crippen LogP) is 4.23. The number of aromatic amines is 1. The molecule has 2 unspecified atom stereocenters. The van der Waals surface area contributed by atoms with Crippen molar-refractivity contribution in [3.8, 4) is 17.0 Å². The topological polar surface area (TPSA) is 57.3 Å². The van der Waals surface area contributed by atoms with Crippen molar-refractivity contribution in [2.24, 2.45) is 0 Å². The van der Waals surface area contributed by atoms with Crippen LogP contribution in [0, 0.1) is 6.92 Å². The van der Waals surface area contributed by atoms with E-state index in [1.807, 2.05) is 44.2 Å². The number of aliphatic hydroxyl groups excluding tert-OH is 1. The maximum absolute atomic E-state index is 9.88. The Hall–Kier alpha value is -2.30. The number of fused-ring (bicyclic) bond motifs is 1. The minimum absolute atomic E-state index is 0.230. The van der Waals surface area contributed by atoms with E-state index in [9.17, 15) is 5.11 Å². The highest BCUT2D eigenvalue weighted by Gasteiger charge is 2.17. The number of aromatic nitrogens is 1. The molecule has 0 saturated carbocycles. The van der Waals surface area contributed by atoms with Crippen LogP contribution >= 0.6 is 0 Å². The summed E-state index contributed by atoms with van der Waals surface area (Å²) in [5, 5.41) is 14.3. The smallest absolute Gasteiger partial charge is 0.176 e. The van der Waals surface area contributed by atoms with Crippen LogP contribution in [0.1, 0.15) is 26.3 Å². The molecular formula is C21H26N2O2. The molecule has 0 fully saturated rings. The van der Waals surface area contributed by atoms with Gasteiger partial charge in [0.05, 0.1) is 0 Å². The number of benzene rings is 2. The second kappa shape index (κ2) is 7.30. The van der Waals surface area contributed by atoms with E-state index in [0.29, 0.717) is 0 Å². The van der Waals surface area contributed by atoms with E-state index < -0.39 is 12.3 Å². The summed E-state index contributed by atoms with van der Waals surface area (Å²) in [6, 6.07) is 16.5. The Bertz CT molecular complexity index is 835. The zero-order valence-corrected chi connectivity index (χ0v) is 15.2. The molecule has 0 amide bonds. The van der Waals surface area contributed by atoms with E-state index in [-0.39, 0.29) is 6.04 Å². The average Bonchev–Trinajstić information content (AvgIpc) is 2.92. The number of hydrogen-bond donors (Lipinski definition) is 3. The van der Waals surface area contributed by atoms with Crippen LogP contribution in [0.15, 0.2) is 48.5 Å². The number of hydrogen-bond acceptors (Lipinski definition) is 3. The number of aliphatic hydroxyl groups is 1. The first-order chi connectivity index (χ1) is 12.0. The number of ether oxygens (including phenoxy) is 1. The van der Waals surface area contributed by atoms with E-state index in [2.05, 4.69) is 35.4 Å². The van der Waals surface area contributed by atoms with Crippen LogP contribution in [0.5, 0.6) is 5.75 Å². The molecule has 0 aliphatic carbocycles. The summed E-state index contributed by atoms with van der Waals surface area (Å²) in [7, 11) is 0.